The molecule has 90 valence electrons. The van der Waals surface area contributed by atoms with E-state index in [2.05, 4.69) is 11.1 Å². The summed E-state index contributed by atoms with van der Waals surface area (Å²) in [7, 11) is 0. The minimum atomic E-state index is -0.0832. The van der Waals surface area contributed by atoms with E-state index in [1.165, 1.54) is 0 Å². The summed E-state index contributed by atoms with van der Waals surface area (Å²) in [6.45, 7) is 4.01. The van der Waals surface area contributed by atoms with Gasteiger partial charge in [-0.25, -0.2) is 4.98 Å². The Morgan fingerprint density at radius 3 is 2.76 bits per heavy atom. The molecule has 0 bridgehead atoms. The first-order valence-corrected chi connectivity index (χ1v) is 6.74. The van der Waals surface area contributed by atoms with Crippen LogP contribution in [0.15, 0.2) is 23.6 Å². The van der Waals surface area contributed by atoms with Crippen molar-refractivity contribution < 1.29 is 0 Å². The van der Waals surface area contributed by atoms with Crippen LogP contribution in [0.5, 0.6) is 0 Å². The summed E-state index contributed by atoms with van der Waals surface area (Å²) >= 11 is 7.82. The number of aromatic nitrogens is 1. The number of nitrogens with two attached hydrogens (primary N) is 1. The molecule has 1 atom stereocenters. The van der Waals surface area contributed by atoms with E-state index in [1.54, 1.807) is 11.3 Å². The van der Waals surface area contributed by atoms with E-state index in [-0.39, 0.29) is 6.04 Å². The first-order valence-electron chi connectivity index (χ1n) is 5.49. The second kappa shape index (κ2) is 5.17. The van der Waals surface area contributed by atoms with Gasteiger partial charge < -0.3 is 5.73 Å². The molecule has 0 aliphatic carbocycles. The van der Waals surface area contributed by atoms with Crippen LogP contribution in [0, 0.1) is 13.8 Å². The second-order valence-electron chi connectivity index (χ2n) is 4.20. The highest BCUT2D eigenvalue weighted by molar-refractivity contribution is 7.09. The molecule has 2 N–H and O–H groups in total. The Hall–Kier alpha value is -0.900. The van der Waals surface area contributed by atoms with Gasteiger partial charge in [0, 0.05) is 10.4 Å². The van der Waals surface area contributed by atoms with Crippen LogP contribution in [0.2, 0.25) is 5.02 Å². The largest absolute Gasteiger partial charge is 0.322 e. The summed E-state index contributed by atoms with van der Waals surface area (Å²) in [5.41, 5.74) is 9.32. The van der Waals surface area contributed by atoms with Crippen molar-refractivity contribution in [1.82, 2.24) is 4.98 Å². The lowest BCUT2D eigenvalue weighted by molar-refractivity contribution is 0.700. The molecule has 0 saturated heterocycles. The predicted octanol–water partition coefficient (Wildman–Crippen LogP) is 3.66. The van der Waals surface area contributed by atoms with Gasteiger partial charge in [0.15, 0.2) is 0 Å². The quantitative estimate of drug-likeness (QED) is 0.921. The average molecular weight is 267 g/mol. The lowest BCUT2D eigenvalue weighted by Crippen LogP contribution is -2.14. The van der Waals surface area contributed by atoms with Crippen molar-refractivity contribution in [3.63, 3.8) is 0 Å². The van der Waals surface area contributed by atoms with Crippen LogP contribution in [0.1, 0.15) is 27.9 Å². The van der Waals surface area contributed by atoms with Gasteiger partial charge in [-0.3, -0.25) is 0 Å². The average Bonchev–Trinajstić information content (AvgIpc) is 2.69. The first-order chi connectivity index (χ1) is 8.06. The van der Waals surface area contributed by atoms with Crippen molar-refractivity contribution in [2.24, 2.45) is 5.73 Å². The van der Waals surface area contributed by atoms with E-state index < -0.39 is 0 Å². The van der Waals surface area contributed by atoms with Crippen molar-refractivity contribution in [2.45, 2.75) is 26.3 Å². The molecular weight excluding hydrogens is 252 g/mol. The van der Waals surface area contributed by atoms with Crippen LogP contribution >= 0.6 is 22.9 Å². The Morgan fingerprint density at radius 1 is 1.41 bits per heavy atom. The highest BCUT2D eigenvalue weighted by atomic mass is 35.5. The Bertz CT molecular complexity index is 522. The van der Waals surface area contributed by atoms with Crippen molar-refractivity contribution in [1.29, 1.82) is 0 Å². The normalized spacial score (nSPS) is 12.7. The molecule has 0 amide bonds. The second-order valence-corrected chi connectivity index (χ2v) is 5.67. The smallest absolute Gasteiger partial charge is 0.0898 e. The van der Waals surface area contributed by atoms with Gasteiger partial charge in [-0.15, -0.1) is 11.3 Å². The van der Waals surface area contributed by atoms with E-state index in [1.807, 2.05) is 31.4 Å². The van der Waals surface area contributed by atoms with Crippen LogP contribution in [0.3, 0.4) is 0 Å². The van der Waals surface area contributed by atoms with Crippen molar-refractivity contribution in [2.75, 3.05) is 0 Å². The molecule has 2 aromatic rings. The summed E-state index contributed by atoms with van der Waals surface area (Å²) in [6, 6.07) is 5.98. The minimum Gasteiger partial charge on any atom is -0.322 e. The van der Waals surface area contributed by atoms with Gasteiger partial charge in [-0.05, 0) is 37.5 Å². The standard InChI is InChI=1S/C13H15ClN2S/c1-8-3-4-10(11(14)5-8)6-12(15)13-7-17-9(2)16-13/h3-5,7,12H,6,15H2,1-2H3. The highest BCUT2D eigenvalue weighted by Gasteiger charge is 2.12. The molecule has 1 aromatic heterocycles. The fraction of sp³-hybridized carbons (Fsp3) is 0.308. The molecule has 0 radical (unpaired) electrons. The lowest BCUT2D eigenvalue weighted by atomic mass is 10.0. The van der Waals surface area contributed by atoms with Crippen LogP contribution in [0.4, 0.5) is 0 Å². The van der Waals surface area contributed by atoms with Gasteiger partial charge in [0.1, 0.15) is 0 Å². The lowest BCUT2D eigenvalue weighted by Gasteiger charge is -2.10. The van der Waals surface area contributed by atoms with Gasteiger partial charge in [-0.2, -0.15) is 0 Å². The number of hydrogen-bond donors (Lipinski definition) is 1. The minimum absolute atomic E-state index is 0.0832. The van der Waals surface area contributed by atoms with Crippen LogP contribution in [-0.2, 0) is 6.42 Å². The molecule has 0 aliphatic rings. The number of halogens is 1. The molecule has 4 heteroatoms. The topological polar surface area (TPSA) is 38.9 Å². The fourth-order valence-electron chi connectivity index (χ4n) is 1.71. The zero-order chi connectivity index (χ0) is 12.4. The van der Waals surface area contributed by atoms with Gasteiger partial charge in [-0.1, -0.05) is 23.7 Å². The van der Waals surface area contributed by atoms with Crippen LogP contribution in [0.25, 0.3) is 0 Å². The molecule has 0 spiro atoms. The highest BCUT2D eigenvalue weighted by Crippen LogP contribution is 2.23. The third kappa shape index (κ3) is 3.06. The Kier molecular flexibility index (Phi) is 3.82. The molecule has 1 unspecified atom stereocenters. The number of benzene rings is 1. The summed E-state index contributed by atoms with van der Waals surface area (Å²) in [5, 5.41) is 3.85. The maximum Gasteiger partial charge on any atom is 0.0898 e. The molecule has 2 rings (SSSR count). The Balaban J connectivity index is 2.15. The maximum absolute atomic E-state index is 6.19. The van der Waals surface area contributed by atoms with Crippen molar-refractivity contribution in [3.05, 3.63) is 50.4 Å². The van der Waals surface area contributed by atoms with E-state index in [4.69, 9.17) is 17.3 Å². The zero-order valence-corrected chi connectivity index (χ0v) is 11.5. The van der Waals surface area contributed by atoms with Gasteiger partial charge in [0.25, 0.3) is 0 Å². The van der Waals surface area contributed by atoms with Gasteiger partial charge in [0.05, 0.1) is 16.7 Å². The summed E-state index contributed by atoms with van der Waals surface area (Å²) in [4.78, 5) is 4.40. The summed E-state index contributed by atoms with van der Waals surface area (Å²) in [6.07, 6.45) is 0.724. The molecular formula is C13H15ClN2S. The first kappa shape index (κ1) is 12.6. The molecule has 2 nitrogen and oxygen atoms in total. The number of nitrogens with zero attached hydrogens (tertiary/aromatic N) is 1. The Labute approximate surface area is 110 Å². The van der Waals surface area contributed by atoms with Gasteiger partial charge >= 0.3 is 0 Å². The zero-order valence-electron chi connectivity index (χ0n) is 9.90. The van der Waals surface area contributed by atoms with Crippen molar-refractivity contribution in [3.8, 4) is 0 Å². The fourth-order valence-corrected chi connectivity index (χ4v) is 2.70. The molecule has 0 aliphatic heterocycles. The van der Waals surface area contributed by atoms with E-state index in [9.17, 15) is 0 Å². The third-order valence-electron chi connectivity index (χ3n) is 2.67. The SMILES string of the molecule is Cc1ccc(CC(N)c2csc(C)n2)c(Cl)c1. The molecule has 0 saturated carbocycles. The van der Waals surface area contributed by atoms with Crippen LogP contribution < -0.4 is 5.73 Å². The Morgan fingerprint density at radius 2 is 2.18 bits per heavy atom. The maximum atomic E-state index is 6.19. The van der Waals surface area contributed by atoms with Gasteiger partial charge in [0.2, 0.25) is 0 Å². The predicted molar refractivity (Wildman–Crippen MR) is 73.7 cm³/mol. The number of hydrogen-bond acceptors (Lipinski definition) is 3. The van der Waals surface area contributed by atoms with E-state index in [0.29, 0.717) is 0 Å². The molecule has 17 heavy (non-hydrogen) atoms. The van der Waals surface area contributed by atoms with E-state index >= 15 is 0 Å². The summed E-state index contributed by atoms with van der Waals surface area (Å²) < 4.78 is 0. The van der Waals surface area contributed by atoms with E-state index in [0.717, 1.165) is 33.3 Å². The molecule has 1 heterocycles. The number of rotatable bonds is 3. The number of aryl methyl sites for hydroxylation is 2. The van der Waals surface area contributed by atoms with Crippen molar-refractivity contribution >= 4 is 22.9 Å². The number of thiazole rings is 1. The summed E-state index contributed by atoms with van der Waals surface area (Å²) in [5.74, 6) is 0. The van der Waals surface area contributed by atoms with Crippen LogP contribution in [-0.4, -0.2) is 4.98 Å². The monoisotopic (exact) mass is 266 g/mol. The molecule has 1 aromatic carbocycles. The molecule has 0 fully saturated rings. The third-order valence-corrected chi connectivity index (χ3v) is 3.81.